The molecule has 0 unspecified atom stereocenters. The number of unbranched alkanes of at least 4 members (excludes halogenated alkanes) is 3. The van der Waals surface area contributed by atoms with Crippen LogP contribution in [0, 0.1) is 11.8 Å². The molecule has 8 nitrogen and oxygen atoms in total. The summed E-state index contributed by atoms with van der Waals surface area (Å²) in [5.41, 5.74) is 0.811. The lowest BCUT2D eigenvalue weighted by molar-refractivity contribution is -0.141. The zero-order valence-electron chi connectivity index (χ0n) is 20.8. The summed E-state index contributed by atoms with van der Waals surface area (Å²) in [6.07, 6.45) is 5.43. The molecule has 0 aromatic rings. The number of hydrogen-bond acceptors (Lipinski definition) is 8. The third-order valence-corrected chi connectivity index (χ3v) is 6.10. The number of ether oxygens (including phenoxy) is 4. The van der Waals surface area contributed by atoms with E-state index < -0.39 is 35.7 Å². The summed E-state index contributed by atoms with van der Waals surface area (Å²) in [7, 11) is 5.04. The molecule has 0 aliphatic heterocycles. The van der Waals surface area contributed by atoms with Crippen molar-refractivity contribution in [2.75, 3.05) is 28.4 Å². The van der Waals surface area contributed by atoms with Gasteiger partial charge in [-0.25, -0.2) is 19.2 Å². The molecule has 1 rings (SSSR count). The highest BCUT2D eigenvalue weighted by Crippen LogP contribution is 2.40. The number of hydrogen-bond donors (Lipinski definition) is 0. The molecule has 2 atom stereocenters. The van der Waals surface area contributed by atoms with Gasteiger partial charge in [-0.3, -0.25) is 0 Å². The zero-order valence-corrected chi connectivity index (χ0v) is 20.8. The lowest BCUT2D eigenvalue weighted by Gasteiger charge is -2.30. The van der Waals surface area contributed by atoms with Crippen molar-refractivity contribution in [2.24, 2.45) is 11.8 Å². The summed E-state index contributed by atoms with van der Waals surface area (Å²) in [6, 6.07) is 0. The molecule has 0 bridgehead atoms. The van der Waals surface area contributed by atoms with Crippen LogP contribution in [0.4, 0.5) is 0 Å². The molecule has 1 aliphatic rings. The van der Waals surface area contributed by atoms with Crippen LogP contribution < -0.4 is 0 Å². The van der Waals surface area contributed by atoms with E-state index in [1.54, 1.807) is 0 Å². The zero-order chi connectivity index (χ0) is 25.0. The van der Waals surface area contributed by atoms with Crippen molar-refractivity contribution in [3.8, 4) is 0 Å². The van der Waals surface area contributed by atoms with Crippen LogP contribution in [-0.4, -0.2) is 52.3 Å². The lowest BCUT2D eigenvalue weighted by Crippen LogP contribution is -2.30. The number of methoxy groups -OCH3 is 4. The standard InChI is InChI=1S/C25H38O8/c1-7-9-11-13-17-15-19(23(27)31-4)20(24(28)32-5)16(12-10-8-2)14-18(22(26)30-3)21(17)25(29)33-6/h16-17H,7-15H2,1-6H3/b20-19-,21-18-/t16-,17-/m0/s1. The van der Waals surface area contributed by atoms with E-state index in [1.807, 2.05) is 6.92 Å². The second kappa shape index (κ2) is 14.5. The Morgan fingerprint density at radius 2 is 0.970 bits per heavy atom. The Kier molecular flexibility index (Phi) is 12.5. The van der Waals surface area contributed by atoms with Crippen molar-refractivity contribution in [2.45, 2.75) is 71.6 Å². The number of rotatable bonds is 11. The third kappa shape index (κ3) is 7.44. The molecule has 1 aliphatic carbocycles. The van der Waals surface area contributed by atoms with E-state index in [-0.39, 0.29) is 35.1 Å². The maximum atomic E-state index is 12.9. The van der Waals surface area contributed by atoms with Gasteiger partial charge in [0.1, 0.15) is 0 Å². The first-order valence-corrected chi connectivity index (χ1v) is 11.6. The Morgan fingerprint density at radius 1 is 0.606 bits per heavy atom. The Hall–Kier alpha value is -2.64. The van der Waals surface area contributed by atoms with E-state index in [4.69, 9.17) is 18.9 Å². The van der Waals surface area contributed by atoms with Gasteiger partial charge < -0.3 is 18.9 Å². The Morgan fingerprint density at radius 3 is 1.30 bits per heavy atom. The molecule has 0 heterocycles. The maximum Gasteiger partial charge on any atom is 0.334 e. The second-order valence-electron chi connectivity index (χ2n) is 8.19. The Balaban J connectivity index is 3.86. The van der Waals surface area contributed by atoms with Gasteiger partial charge in [-0.05, 0) is 37.5 Å². The summed E-state index contributed by atoms with van der Waals surface area (Å²) >= 11 is 0. The van der Waals surface area contributed by atoms with Crippen molar-refractivity contribution < 1.29 is 38.1 Å². The van der Waals surface area contributed by atoms with E-state index in [2.05, 4.69) is 6.92 Å². The average molecular weight is 467 g/mol. The molecule has 33 heavy (non-hydrogen) atoms. The SMILES string of the molecule is CCCCC[C@H]1C/C(C(=O)OC)=C(/C(=O)OC)[C@@H](CCCC)C/C(C(=O)OC)=C\1C(=O)OC. The Bertz CT molecular complexity index is 777. The van der Waals surface area contributed by atoms with E-state index in [0.29, 0.717) is 12.8 Å². The van der Waals surface area contributed by atoms with Crippen LogP contribution in [0.2, 0.25) is 0 Å². The minimum Gasteiger partial charge on any atom is -0.466 e. The van der Waals surface area contributed by atoms with Gasteiger partial charge in [0.15, 0.2) is 0 Å². The van der Waals surface area contributed by atoms with Gasteiger partial charge >= 0.3 is 23.9 Å². The van der Waals surface area contributed by atoms with Crippen LogP contribution in [0.1, 0.15) is 71.6 Å². The highest BCUT2D eigenvalue weighted by Gasteiger charge is 2.39. The van der Waals surface area contributed by atoms with Gasteiger partial charge in [0, 0.05) is 11.1 Å². The van der Waals surface area contributed by atoms with Crippen molar-refractivity contribution >= 4 is 23.9 Å². The second-order valence-corrected chi connectivity index (χ2v) is 8.19. The molecule has 186 valence electrons. The molecular formula is C25H38O8. The molecule has 0 radical (unpaired) electrons. The van der Waals surface area contributed by atoms with Crippen molar-refractivity contribution in [1.29, 1.82) is 0 Å². The van der Waals surface area contributed by atoms with Gasteiger partial charge in [-0.2, -0.15) is 0 Å². The summed E-state index contributed by atoms with van der Waals surface area (Å²) in [4.78, 5) is 51.6. The number of esters is 4. The quantitative estimate of drug-likeness (QED) is 0.255. The van der Waals surface area contributed by atoms with Crippen molar-refractivity contribution in [1.82, 2.24) is 0 Å². The van der Waals surface area contributed by atoms with Crippen LogP contribution >= 0.6 is 0 Å². The summed E-state index contributed by atoms with van der Waals surface area (Å²) in [5.74, 6) is -3.56. The van der Waals surface area contributed by atoms with Crippen LogP contribution in [0.5, 0.6) is 0 Å². The van der Waals surface area contributed by atoms with Crippen LogP contribution in [0.25, 0.3) is 0 Å². The van der Waals surface area contributed by atoms with Crippen molar-refractivity contribution in [3.05, 3.63) is 22.3 Å². The van der Waals surface area contributed by atoms with E-state index >= 15 is 0 Å². The third-order valence-electron chi connectivity index (χ3n) is 6.10. The molecule has 0 aromatic heterocycles. The first kappa shape index (κ1) is 28.4. The summed E-state index contributed by atoms with van der Waals surface area (Å²) < 4.78 is 20.2. The van der Waals surface area contributed by atoms with E-state index in [9.17, 15) is 19.2 Å². The van der Waals surface area contributed by atoms with Crippen molar-refractivity contribution in [3.63, 3.8) is 0 Å². The smallest absolute Gasteiger partial charge is 0.334 e. The summed E-state index contributed by atoms with van der Waals surface area (Å²) in [6.45, 7) is 4.06. The number of carbonyl (C=O) groups excluding carboxylic acids is 4. The van der Waals surface area contributed by atoms with E-state index in [1.165, 1.54) is 28.4 Å². The average Bonchev–Trinajstić information content (AvgIpc) is 2.82. The fourth-order valence-electron chi connectivity index (χ4n) is 4.43. The molecule has 0 amide bonds. The Labute approximate surface area is 196 Å². The predicted molar refractivity (Wildman–Crippen MR) is 122 cm³/mol. The molecule has 0 N–H and O–H groups in total. The van der Waals surface area contributed by atoms with E-state index in [0.717, 1.165) is 32.1 Å². The molecule has 8 heteroatoms. The normalized spacial score (nSPS) is 23.2. The van der Waals surface area contributed by atoms with Crippen LogP contribution in [-0.2, 0) is 38.1 Å². The van der Waals surface area contributed by atoms with Gasteiger partial charge in [-0.1, -0.05) is 46.0 Å². The molecular weight excluding hydrogens is 428 g/mol. The molecule has 0 spiro atoms. The number of carbonyl (C=O) groups is 4. The van der Waals surface area contributed by atoms with Crippen LogP contribution in [0.15, 0.2) is 22.3 Å². The first-order chi connectivity index (χ1) is 15.8. The molecule has 0 fully saturated rings. The first-order valence-electron chi connectivity index (χ1n) is 11.6. The lowest BCUT2D eigenvalue weighted by atomic mass is 9.74. The molecule has 0 saturated heterocycles. The maximum absolute atomic E-state index is 12.9. The topological polar surface area (TPSA) is 105 Å². The highest BCUT2D eigenvalue weighted by atomic mass is 16.5. The highest BCUT2D eigenvalue weighted by molar-refractivity contribution is 6.04. The molecule has 0 aromatic carbocycles. The summed E-state index contributed by atoms with van der Waals surface area (Å²) in [5, 5.41) is 0. The fourth-order valence-corrected chi connectivity index (χ4v) is 4.43. The minimum absolute atomic E-state index is 0.0618. The predicted octanol–water partition coefficient (Wildman–Crippen LogP) is 4.07. The van der Waals surface area contributed by atoms with Gasteiger partial charge in [0.25, 0.3) is 0 Å². The van der Waals surface area contributed by atoms with Gasteiger partial charge in [-0.15, -0.1) is 0 Å². The minimum atomic E-state index is -0.636. The monoisotopic (exact) mass is 466 g/mol. The van der Waals surface area contributed by atoms with Crippen LogP contribution in [0.3, 0.4) is 0 Å². The largest absolute Gasteiger partial charge is 0.466 e. The van der Waals surface area contributed by atoms with Gasteiger partial charge in [0.2, 0.25) is 0 Å². The molecule has 0 saturated carbocycles. The van der Waals surface area contributed by atoms with Gasteiger partial charge in [0.05, 0.1) is 39.6 Å². The fraction of sp³-hybridized carbons (Fsp3) is 0.680.